The van der Waals surface area contributed by atoms with E-state index in [1.165, 1.54) is 0 Å². The molecule has 0 bridgehead atoms. The first kappa shape index (κ1) is 17.8. The summed E-state index contributed by atoms with van der Waals surface area (Å²) in [5, 5.41) is 8.22. The maximum atomic E-state index is 5.55. The number of aromatic nitrogens is 3. The number of rotatable bonds is 6. The molecule has 1 aliphatic rings. The minimum absolute atomic E-state index is 0.265. The molecule has 1 saturated heterocycles. The normalized spacial score (nSPS) is 17.0. The first-order chi connectivity index (χ1) is 13.2. The fourth-order valence-corrected chi connectivity index (χ4v) is 3.47. The van der Waals surface area contributed by atoms with Gasteiger partial charge in [-0.05, 0) is 57.5 Å². The predicted molar refractivity (Wildman–Crippen MR) is 107 cm³/mol. The summed E-state index contributed by atoms with van der Waals surface area (Å²) < 4.78 is 13.1. The fraction of sp³-hybridized carbons (Fsp3) is 0.429. The highest BCUT2D eigenvalue weighted by Gasteiger charge is 2.20. The molecule has 1 atom stereocenters. The van der Waals surface area contributed by atoms with Crippen LogP contribution in [0.1, 0.15) is 33.2 Å². The molecule has 1 fully saturated rings. The van der Waals surface area contributed by atoms with Crippen LogP contribution in [0, 0.1) is 0 Å². The van der Waals surface area contributed by atoms with Gasteiger partial charge < -0.3 is 14.8 Å². The van der Waals surface area contributed by atoms with Crippen LogP contribution in [0.5, 0.6) is 5.75 Å². The number of ether oxygens (including phenoxy) is 2. The molecular weight excluding hydrogens is 340 g/mol. The molecule has 4 rings (SSSR count). The second-order valence-corrected chi connectivity index (χ2v) is 7.13. The number of nitrogens with zero attached hydrogens (tertiary/aromatic N) is 3. The quantitative estimate of drug-likeness (QED) is 0.706. The van der Waals surface area contributed by atoms with Gasteiger partial charge in [-0.15, -0.1) is 0 Å². The topological polar surface area (TPSA) is 61.2 Å². The summed E-state index contributed by atoms with van der Waals surface area (Å²) in [6.07, 6.45) is 2.86. The molecule has 0 saturated carbocycles. The molecule has 0 aliphatic carbocycles. The van der Waals surface area contributed by atoms with Crippen molar-refractivity contribution in [2.75, 3.05) is 25.1 Å². The van der Waals surface area contributed by atoms with E-state index in [2.05, 4.69) is 42.5 Å². The van der Waals surface area contributed by atoms with Gasteiger partial charge in [-0.2, -0.15) is 5.10 Å². The summed E-state index contributed by atoms with van der Waals surface area (Å²) in [7, 11) is 0. The van der Waals surface area contributed by atoms with E-state index in [9.17, 15) is 0 Å². The molecule has 0 amide bonds. The Kier molecular flexibility index (Phi) is 4.99. The van der Waals surface area contributed by atoms with Gasteiger partial charge in [-0.25, -0.2) is 4.98 Å². The van der Waals surface area contributed by atoms with Crippen molar-refractivity contribution in [2.24, 2.45) is 0 Å². The highest BCUT2D eigenvalue weighted by Crippen LogP contribution is 2.31. The van der Waals surface area contributed by atoms with Gasteiger partial charge in [0.2, 0.25) is 0 Å². The Bertz CT molecular complexity index is 912. The van der Waals surface area contributed by atoms with E-state index in [4.69, 9.17) is 14.5 Å². The smallest absolute Gasteiger partial charge is 0.119 e. The number of hydrogen-bond acceptors (Lipinski definition) is 5. The van der Waals surface area contributed by atoms with Crippen LogP contribution in [-0.2, 0) is 4.74 Å². The second-order valence-electron chi connectivity index (χ2n) is 7.13. The van der Waals surface area contributed by atoms with Crippen molar-refractivity contribution in [1.29, 1.82) is 0 Å². The minimum Gasteiger partial charge on any atom is -0.494 e. The Morgan fingerprint density at radius 3 is 2.78 bits per heavy atom. The van der Waals surface area contributed by atoms with E-state index >= 15 is 0 Å². The van der Waals surface area contributed by atoms with Gasteiger partial charge in [0.1, 0.15) is 16.8 Å². The fourth-order valence-electron chi connectivity index (χ4n) is 3.47. The van der Waals surface area contributed by atoms with E-state index in [-0.39, 0.29) is 6.04 Å². The second kappa shape index (κ2) is 7.56. The molecule has 1 N–H and O–H groups in total. The van der Waals surface area contributed by atoms with Crippen LogP contribution < -0.4 is 10.1 Å². The monoisotopic (exact) mass is 366 g/mol. The first-order valence-corrected chi connectivity index (χ1v) is 9.61. The van der Waals surface area contributed by atoms with E-state index in [0.717, 1.165) is 53.4 Å². The molecule has 3 aromatic rings. The lowest BCUT2D eigenvalue weighted by Crippen LogP contribution is -2.20. The lowest BCUT2D eigenvalue weighted by Gasteiger charge is -2.17. The van der Waals surface area contributed by atoms with Crippen molar-refractivity contribution in [3.63, 3.8) is 0 Å². The lowest BCUT2D eigenvalue weighted by molar-refractivity contribution is 0.195. The molecule has 2 aromatic heterocycles. The summed E-state index contributed by atoms with van der Waals surface area (Å²) >= 11 is 0. The van der Waals surface area contributed by atoms with E-state index in [0.29, 0.717) is 12.6 Å². The number of benzene rings is 1. The molecular formula is C21H26N4O2. The number of nitrogens with one attached hydrogen (secondary N) is 1. The number of hydrogen-bond donors (Lipinski definition) is 1. The van der Waals surface area contributed by atoms with Crippen molar-refractivity contribution in [1.82, 2.24) is 14.8 Å². The molecule has 1 aromatic carbocycles. The summed E-state index contributed by atoms with van der Waals surface area (Å²) in [5.41, 5.74) is 4.99. The van der Waals surface area contributed by atoms with Gasteiger partial charge in [0.15, 0.2) is 0 Å². The summed E-state index contributed by atoms with van der Waals surface area (Å²) in [6.45, 7) is 8.46. The van der Waals surface area contributed by atoms with Crippen molar-refractivity contribution < 1.29 is 9.47 Å². The lowest BCUT2D eigenvalue weighted by atomic mass is 10.1. The van der Waals surface area contributed by atoms with Crippen molar-refractivity contribution >= 4 is 16.7 Å². The maximum absolute atomic E-state index is 5.55. The van der Waals surface area contributed by atoms with Crippen LogP contribution in [0.25, 0.3) is 22.3 Å². The van der Waals surface area contributed by atoms with E-state index < -0.39 is 0 Å². The van der Waals surface area contributed by atoms with Crippen molar-refractivity contribution in [3.8, 4) is 17.0 Å². The van der Waals surface area contributed by atoms with Crippen molar-refractivity contribution in [2.45, 2.75) is 39.3 Å². The Labute approximate surface area is 159 Å². The van der Waals surface area contributed by atoms with Crippen LogP contribution >= 0.6 is 0 Å². The van der Waals surface area contributed by atoms with Gasteiger partial charge in [0.25, 0.3) is 0 Å². The third-order valence-corrected chi connectivity index (χ3v) is 4.79. The van der Waals surface area contributed by atoms with Gasteiger partial charge in [0.05, 0.1) is 36.8 Å². The molecule has 6 heteroatoms. The Morgan fingerprint density at radius 1 is 1.30 bits per heavy atom. The van der Waals surface area contributed by atoms with Crippen LogP contribution in [-0.4, -0.2) is 40.6 Å². The number of anilines is 1. The van der Waals surface area contributed by atoms with Crippen LogP contribution in [0.3, 0.4) is 0 Å². The SMILES string of the molecule is CCOc1ccc(-c2cc(NC3CCOC3)c3c(cnn3C(C)C)n2)cc1. The third kappa shape index (κ3) is 3.62. The zero-order chi connectivity index (χ0) is 18.8. The van der Waals surface area contributed by atoms with Gasteiger partial charge in [-0.1, -0.05) is 0 Å². The van der Waals surface area contributed by atoms with Crippen LogP contribution in [0.15, 0.2) is 36.5 Å². The highest BCUT2D eigenvalue weighted by atomic mass is 16.5. The molecule has 0 radical (unpaired) electrons. The minimum atomic E-state index is 0.265. The van der Waals surface area contributed by atoms with E-state index in [1.807, 2.05) is 29.9 Å². The first-order valence-electron chi connectivity index (χ1n) is 9.61. The summed E-state index contributed by atoms with van der Waals surface area (Å²) in [6, 6.07) is 10.8. The molecule has 1 aliphatic heterocycles. The van der Waals surface area contributed by atoms with Crippen LogP contribution in [0.2, 0.25) is 0 Å². The summed E-state index contributed by atoms with van der Waals surface area (Å²) in [5.74, 6) is 0.872. The van der Waals surface area contributed by atoms with Gasteiger partial charge in [-0.3, -0.25) is 4.68 Å². The Morgan fingerprint density at radius 2 is 2.11 bits per heavy atom. The predicted octanol–water partition coefficient (Wildman–Crippen LogP) is 4.28. The standard InChI is InChI=1S/C21H26N4O2/c1-4-27-17-7-5-15(6-8-17)18-11-19(23-16-9-10-26-13-16)21-20(24-18)12-22-25(21)14(2)3/h5-8,11-12,14,16H,4,9-10,13H2,1-3H3,(H,23,24). The van der Waals surface area contributed by atoms with Gasteiger partial charge >= 0.3 is 0 Å². The average molecular weight is 366 g/mol. The molecule has 27 heavy (non-hydrogen) atoms. The van der Waals surface area contributed by atoms with Crippen LogP contribution in [0.4, 0.5) is 5.69 Å². The number of fused-ring (bicyclic) bond motifs is 1. The molecule has 6 nitrogen and oxygen atoms in total. The molecule has 142 valence electrons. The number of pyridine rings is 1. The highest BCUT2D eigenvalue weighted by molar-refractivity contribution is 5.91. The largest absolute Gasteiger partial charge is 0.494 e. The average Bonchev–Trinajstić information content (AvgIpc) is 3.32. The van der Waals surface area contributed by atoms with Gasteiger partial charge in [0, 0.05) is 18.2 Å². The Hall–Kier alpha value is -2.60. The molecule has 1 unspecified atom stereocenters. The summed E-state index contributed by atoms with van der Waals surface area (Å²) in [4.78, 5) is 4.86. The van der Waals surface area contributed by atoms with Crippen molar-refractivity contribution in [3.05, 3.63) is 36.5 Å². The zero-order valence-corrected chi connectivity index (χ0v) is 16.1. The third-order valence-electron chi connectivity index (χ3n) is 4.79. The maximum Gasteiger partial charge on any atom is 0.119 e. The molecule has 0 spiro atoms. The Balaban J connectivity index is 1.77. The zero-order valence-electron chi connectivity index (χ0n) is 16.1. The molecule has 3 heterocycles. The van der Waals surface area contributed by atoms with E-state index in [1.54, 1.807) is 0 Å².